The van der Waals surface area contributed by atoms with E-state index in [1.54, 1.807) is 18.2 Å². The molecule has 116 valence electrons. The van der Waals surface area contributed by atoms with Gasteiger partial charge in [-0.15, -0.1) is 0 Å². The molecule has 23 heavy (non-hydrogen) atoms. The molecule has 4 N–H and O–H groups in total. The summed E-state index contributed by atoms with van der Waals surface area (Å²) < 4.78 is 1.56. The highest BCUT2D eigenvalue weighted by molar-refractivity contribution is 7.71. The highest BCUT2D eigenvalue weighted by Crippen LogP contribution is 2.27. The number of aromatic nitrogens is 3. The summed E-state index contributed by atoms with van der Waals surface area (Å²) in [5, 5.41) is 39.9. The van der Waals surface area contributed by atoms with Crippen LogP contribution in [-0.4, -0.2) is 36.4 Å². The third-order valence-corrected chi connectivity index (χ3v) is 3.39. The molecule has 0 saturated carbocycles. The molecule has 1 aromatic heterocycles. The SMILES string of the molecule is Oc1ccc(/C=N/n2c(-c3ccccc3O)n[nH]c2=S)c(O)c1. The Kier molecular flexibility index (Phi) is 3.82. The lowest BCUT2D eigenvalue weighted by Gasteiger charge is -2.03. The maximum atomic E-state index is 9.94. The summed E-state index contributed by atoms with van der Waals surface area (Å²) >= 11 is 5.13. The summed E-state index contributed by atoms with van der Waals surface area (Å²) in [4.78, 5) is 0. The lowest BCUT2D eigenvalue weighted by atomic mass is 10.2. The van der Waals surface area contributed by atoms with Crippen LogP contribution in [0.2, 0.25) is 0 Å². The standard InChI is InChI=1S/C15H12N4O3S/c20-10-6-5-9(13(22)7-10)8-16-19-14(17-18-15(19)23)11-3-1-2-4-12(11)21/h1-8,20-22H,(H,18,23)/b16-8+. The Labute approximate surface area is 135 Å². The highest BCUT2D eigenvalue weighted by atomic mass is 32.1. The zero-order chi connectivity index (χ0) is 16.4. The van der Waals surface area contributed by atoms with Crippen molar-refractivity contribution < 1.29 is 15.3 Å². The van der Waals surface area contributed by atoms with E-state index in [0.29, 0.717) is 17.0 Å². The summed E-state index contributed by atoms with van der Waals surface area (Å²) in [7, 11) is 0. The normalized spacial score (nSPS) is 11.1. The van der Waals surface area contributed by atoms with Crippen LogP contribution >= 0.6 is 12.2 Å². The van der Waals surface area contributed by atoms with Gasteiger partial charge < -0.3 is 15.3 Å². The van der Waals surface area contributed by atoms with Crippen molar-refractivity contribution in [2.75, 3.05) is 0 Å². The van der Waals surface area contributed by atoms with E-state index >= 15 is 0 Å². The number of benzene rings is 2. The van der Waals surface area contributed by atoms with Crippen molar-refractivity contribution in [2.45, 2.75) is 0 Å². The summed E-state index contributed by atoms with van der Waals surface area (Å²) in [6.45, 7) is 0. The molecular weight excluding hydrogens is 316 g/mol. The van der Waals surface area contributed by atoms with Crippen LogP contribution in [0.1, 0.15) is 5.56 Å². The first-order valence-corrected chi connectivity index (χ1v) is 6.99. The number of aromatic amines is 1. The molecule has 1 heterocycles. The summed E-state index contributed by atoms with van der Waals surface area (Å²) in [5.41, 5.74) is 0.862. The zero-order valence-corrected chi connectivity index (χ0v) is 12.5. The molecule has 0 bridgehead atoms. The second-order valence-electron chi connectivity index (χ2n) is 4.67. The van der Waals surface area contributed by atoms with Crippen molar-refractivity contribution in [1.29, 1.82) is 0 Å². The van der Waals surface area contributed by atoms with Gasteiger partial charge in [0.05, 0.1) is 11.8 Å². The number of nitrogens with zero attached hydrogens (tertiary/aromatic N) is 3. The van der Waals surface area contributed by atoms with Crippen molar-refractivity contribution in [1.82, 2.24) is 14.9 Å². The summed E-state index contributed by atoms with van der Waals surface area (Å²) in [6.07, 6.45) is 1.38. The number of hydrogen-bond donors (Lipinski definition) is 4. The predicted molar refractivity (Wildman–Crippen MR) is 87.3 cm³/mol. The lowest BCUT2D eigenvalue weighted by molar-refractivity contribution is 0.450. The number of H-pyrrole nitrogens is 1. The summed E-state index contributed by atoms with van der Waals surface area (Å²) in [5.74, 6) is 0.218. The Morgan fingerprint density at radius 3 is 2.61 bits per heavy atom. The molecule has 0 amide bonds. The molecule has 3 rings (SSSR count). The number of hydrogen-bond acceptors (Lipinski definition) is 6. The molecule has 2 aromatic carbocycles. The van der Waals surface area contributed by atoms with Crippen LogP contribution in [0.3, 0.4) is 0 Å². The second kappa shape index (κ2) is 5.93. The Bertz CT molecular complexity index is 946. The van der Waals surface area contributed by atoms with Crippen LogP contribution in [0, 0.1) is 4.77 Å². The monoisotopic (exact) mass is 328 g/mol. The molecule has 3 aromatic rings. The van der Waals surface area contributed by atoms with Crippen LogP contribution in [0.15, 0.2) is 47.6 Å². The largest absolute Gasteiger partial charge is 0.508 e. The van der Waals surface area contributed by atoms with Gasteiger partial charge in [-0.05, 0) is 36.5 Å². The zero-order valence-electron chi connectivity index (χ0n) is 11.7. The van der Waals surface area contributed by atoms with Gasteiger partial charge in [0.15, 0.2) is 5.82 Å². The van der Waals surface area contributed by atoms with Crippen molar-refractivity contribution in [3.8, 4) is 28.6 Å². The Balaban J connectivity index is 2.04. The van der Waals surface area contributed by atoms with E-state index in [1.807, 2.05) is 0 Å². The third-order valence-electron chi connectivity index (χ3n) is 3.12. The van der Waals surface area contributed by atoms with Gasteiger partial charge in [0.25, 0.3) is 0 Å². The molecule has 0 saturated heterocycles. The van der Waals surface area contributed by atoms with Crippen molar-refractivity contribution >= 4 is 18.4 Å². The molecule has 0 aliphatic carbocycles. The first-order chi connectivity index (χ1) is 11.1. The van der Waals surface area contributed by atoms with E-state index < -0.39 is 0 Å². The fraction of sp³-hybridized carbons (Fsp3) is 0. The molecule has 0 fully saturated rings. The van der Waals surface area contributed by atoms with Gasteiger partial charge in [-0.2, -0.15) is 14.9 Å². The van der Waals surface area contributed by atoms with E-state index in [1.165, 1.54) is 35.2 Å². The van der Waals surface area contributed by atoms with Gasteiger partial charge in [0, 0.05) is 11.6 Å². The van der Waals surface area contributed by atoms with E-state index in [4.69, 9.17) is 12.2 Å². The van der Waals surface area contributed by atoms with E-state index in [0.717, 1.165) is 0 Å². The second-order valence-corrected chi connectivity index (χ2v) is 5.06. The smallest absolute Gasteiger partial charge is 0.216 e. The van der Waals surface area contributed by atoms with Gasteiger partial charge in [-0.3, -0.25) is 0 Å². The van der Waals surface area contributed by atoms with Gasteiger partial charge >= 0.3 is 0 Å². The average molecular weight is 328 g/mol. The van der Waals surface area contributed by atoms with E-state index in [-0.39, 0.29) is 22.0 Å². The van der Waals surface area contributed by atoms with Crippen LogP contribution < -0.4 is 0 Å². The minimum absolute atomic E-state index is 0.0467. The molecule has 0 aliphatic heterocycles. The topological polar surface area (TPSA) is 107 Å². The number of phenols is 3. The first kappa shape index (κ1) is 14.8. The summed E-state index contributed by atoms with van der Waals surface area (Å²) in [6, 6.07) is 10.8. The molecule has 0 unspecified atom stereocenters. The molecule has 0 spiro atoms. The number of aromatic hydroxyl groups is 3. The minimum Gasteiger partial charge on any atom is -0.508 e. The van der Waals surface area contributed by atoms with Crippen LogP contribution in [0.4, 0.5) is 0 Å². The maximum Gasteiger partial charge on any atom is 0.216 e. The fourth-order valence-corrected chi connectivity index (χ4v) is 2.18. The molecule has 7 nitrogen and oxygen atoms in total. The first-order valence-electron chi connectivity index (χ1n) is 6.58. The lowest BCUT2D eigenvalue weighted by Crippen LogP contribution is -1.95. The van der Waals surface area contributed by atoms with Crippen LogP contribution in [0.25, 0.3) is 11.4 Å². The van der Waals surface area contributed by atoms with Crippen molar-refractivity contribution in [3.05, 3.63) is 52.8 Å². The molecular formula is C15H12N4O3S. The number of rotatable bonds is 3. The van der Waals surface area contributed by atoms with Gasteiger partial charge in [-0.25, -0.2) is 5.10 Å². The highest BCUT2D eigenvalue weighted by Gasteiger charge is 2.12. The maximum absolute atomic E-state index is 9.94. The van der Waals surface area contributed by atoms with Gasteiger partial charge in [-0.1, -0.05) is 12.1 Å². The van der Waals surface area contributed by atoms with Crippen molar-refractivity contribution in [3.63, 3.8) is 0 Å². The molecule has 0 radical (unpaired) electrons. The Hall–Kier alpha value is -3.13. The quantitative estimate of drug-likeness (QED) is 0.437. The van der Waals surface area contributed by atoms with Crippen LogP contribution in [0.5, 0.6) is 17.2 Å². The molecule has 0 atom stereocenters. The van der Waals surface area contributed by atoms with Gasteiger partial charge in [0.2, 0.25) is 4.77 Å². The van der Waals surface area contributed by atoms with E-state index in [9.17, 15) is 15.3 Å². The Morgan fingerprint density at radius 1 is 1.09 bits per heavy atom. The minimum atomic E-state index is -0.118. The average Bonchev–Trinajstić information content (AvgIpc) is 2.88. The fourth-order valence-electron chi connectivity index (χ4n) is 2.00. The number of nitrogens with one attached hydrogen (secondary N) is 1. The van der Waals surface area contributed by atoms with E-state index in [2.05, 4.69) is 15.3 Å². The third kappa shape index (κ3) is 2.92. The predicted octanol–water partition coefficient (Wildman–Crippen LogP) is 2.61. The van der Waals surface area contributed by atoms with Gasteiger partial charge in [0.1, 0.15) is 17.2 Å². The Morgan fingerprint density at radius 2 is 1.87 bits per heavy atom. The van der Waals surface area contributed by atoms with Crippen LogP contribution in [-0.2, 0) is 0 Å². The number of phenolic OH excluding ortho intramolecular Hbond substituents is 3. The molecule has 8 heteroatoms. The molecule has 0 aliphatic rings. The number of para-hydroxylation sites is 1. The van der Waals surface area contributed by atoms with Crippen molar-refractivity contribution in [2.24, 2.45) is 5.10 Å².